The Kier molecular flexibility index (Phi) is 6.08. The molecule has 7 heteroatoms. The number of sulfonamides is 1. The Morgan fingerprint density at radius 1 is 1.04 bits per heavy atom. The van der Waals surface area contributed by atoms with Crippen LogP contribution in [-0.2, 0) is 10.0 Å². The Morgan fingerprint density at radius 2 is 1.71 bits per heavy atom. The lowest BCUT2D eigenvalue weighted by Crippen LogP contribution is -2.06. The van der Waals surface area contributed by atoms with Crippen LogP contribution in [-0.4, -0.2) is 31.0 Å². The molecule has 28 heavy (non-hydrogen) atoms. The summed E-state index contributed by atoms with van der Waals surface area (Å²) in [6.07, 6.45) is 17.1. The van der Waals surface area contributed by atoms with Gasteiger partial charge >= 0.3 is 0 Å². The van der Waals surface area contributed by atoms with E-state index in [9.17, 15) is 13.6 Å². The fourth-order valence-electron chi connectivity index (χ4n) is 2.50. The summed E-state index contributed by atoms with van der Waals surface area (Å²) in [6, 6.07) is 6.19. The molecule has 144 valence electrons. The van der Waals surface area contributed by atoms with Gasteiger partial charge in [-0.05, 0) is 55.0 Å². The number of allylic oxidation sites excluding steroid dienone is 10. The summed E-state index contributed by atoms with van der Waals surface area (Å²) in [6.45, 7) is 2.37. The molecular weight excluding hydrogens is 376 g/mol. The van der Waals surface area contributed by atoms with Crippen LogP contribution in [0.25, 0.3) is 0 Å². The second-order valence-electron chi connectivity index (χ2n) is 5.87. The fourth-order valence-corrected chi connectivity index (χ4v) is 3.51. The minimum atomic E-state index is -3.86. The number of hydroxylamine groups is 2. The molecular formula is C21H20N2O4S. The molecule has 0 spiro atoms. The predicted molar refractivity (Wildman–Crippen MR) is 109 cm³/mol. The molecule has 1 N–H and O–H groups in total. The lowest BCUT2D eigenvalue weighted by Gasteiger charge is -2.10. The first-order chi connectivity index (χ1) is 13.5. The highest BCUT2D eigenvalue weighted by Gasteiger charge is 2.15. The van der Waals surface area contributed by atoms with Crippen molar-refractivity contribution in [3.63, 3.8) is 0 Å². The van der Waals surface area contributed by atoms with Crippen molar-refractivity contribution in [2.24, 2.45) is 4.40 Å². The van der Waals surface area contributed by atoms with E-state index in [1.165, 1.54) is 24.5 Å². The molecule has 1 heterocycles. The zero-order valence-corrected chi connectivity index (χ0v) is 16.1. The van der Waals surface area contributed by atoms with Gasteiger partial charge in [-0.1, -0.05) is 30.4 Å². The van der Waals surface area contributed by atoms with Crippen molar-refractivity contribution in [2.45, 2.75) is 11.8 Å². The summed E-state index contributed by atoms with van der Waals surface area (Å²) in [5, 5.41) is 10.2. The largest absolute Gasteiger partial charge is 0.494 e. The minimum Gasteiger partial charge on any atom is -0.494 e. The molecule has 0 saturated heterocycles. The second kappa shape index (κ2) is 8.69. The first-order valence-electron chi connectivity index (χ1n) is 8.66. The molecule has 6 nitrogen and oxygen atoms in total. The summed E-state index contributed by atoms with van der Waals surface area (Å²) in [5.41, 5.74) is 1.87. The molecule has 0 atom stereocenters. The summed E-state index contributed by atoms with van der Waals surface area (Å²) < 4.78 is 34.7. The zero-order valence-electron chi connectivity index (χ0n) is 15.3. The van der Waals surface area contributed by atoms with Crippen LogP contribution >= 0.6 is 0 Å². The van der Waals surface area contributed by atoms with Gasteiger partial charge in [0.2, 0.25) is 0 Å². The topological polar surface area (TPSA) is 79.2 Å². The maximum atomic E-state index is 12.7. The molecule has 0 amide bonds. The Bertz CT molecular complexity index is 1020. The molecule has 1 aliphatic heterocycles. The number of nitrogens with zero attached hydrogens (tertiary/aromatic N) is 2. The van der Waals surface area contributed by atoms with Gasteiger partial charge in [-0.3, -0.25) is 5.21 Å². The first-order valence-corrected chi connectivity index (χ1v) is 10.1. The van der Waals surface area contributed by atoms with Crippen LogP contribution in [0.4, 0.5) is 0 Å². The van der Waals surface area contributed by atoms with E-state index in [1.54, 1.807) is 48.6 Å². The number of benzene rings is 1. The van der Waals surface area contributed by atoms with Gasteiger partial charge in [0.05, 0.1) is 17.2 Å². The van der Waals surface area contributed by atoms with Crippen molar-refractivity contribution in [3.05, 3.63) is 96.4 Å². The van der Waals surface area contributed by atoms with Gasteiger partial charge < -0.3 is 4.74 Å². The van der Waals surface area contributed by atoms with Crippen molar-refractivity contribution in [1.29, 1.82) is 0 Å². The third-order valence-electron chi connectivity index (χ3n) is 3.88. The van der Waals surface area contributed by atoms with Crippen LogP contribution in [0.5, 0.6) is 5.75 Å². The maximum absolute atomic E-state index is 12.7. The minimum absolute atomic E-state index is 0.102. The number of hydrogen-bond acceptors (Lipinski definition) is 5. The third-order valence-corrected chi connectivity index (χ3v) is 5.19. The van der Waals surface area contributed by atoms with E-state index < -0.39 is 10.0 Å². The standard InChI is InChI=1S/C21H20N2O4S/c1-2-27-19-9-11-20(12-10-19)28(25,26)22-21-6-4-3-5-18(21)8-7-17-13-15-23(24)16-14-17/h3-16,24H,2H2,1H3/b18-8-,22-21-. The third kappa shape index (κ3) is 4.97. The normalized spacial score (nSPS) is 18.9. The van der Waals surface area contributed by atoms with Crippen molar-refractivity contribution < 1.29 is 18.4 Å². The number of ether oxygens (including phenoxy) is 1. The zero-order chi connectivity index (χ0) is 20.0. The Balaban J connectivity index is 1.88. The van der Waals surface area contributed by atoms with Gasteiger partial charge in [-0.25, -0.2) is 5.06 Å². The van der Waals surface area contributed by atoms with Crippen LogP contribution in [0.1, 0.15) is 6.92 Å². The summed E-state index contributed by atoms with van der Waals surface area (Å²) in [4.78, 5) is 0.102. The highest BCUT2D eigenvalue weighted by Crippen LogP contribution is 2.20. The first kappa shape index (κ1) is 19.6. The van der Waals surface area contributed by atoms with E-state index in [1.807, 2.05) is 19.1 Å². The predicted octanol–water partition coefficient (Wildman–Crippen LogP) is 3.93. The van der Waals surface area contributed by atoms with E-state index in [0.29, 0.717) is 23.6 Å². The van der Waals surface area contributed by atoms with Crippen LogP contribution in [0.15, 0.2) is 106 Å². The highest BCUT2D eigenvalue weighted by molar-refractivity contribution is 7.90. The van der Waals surface area contributed by atoms with Gasteiger partial charge in [0, 0.05) is 18.0 Å². The molecule has 0 fully saturated rings. The van der Waals surface area contributed by atoms with Crippen LogP contribution in [0.2, 0.25) is 0 Å². The molecule has 1 aromatic rings. The number of hydrogen-bond donors (Lipinski definition) is 1. The van der Waals surface area contributed by atoms with Crippen molar-refractivity contribution in [2.75, 3.05) is 6.61 Å². The highest BCUT2D eigenvalue weighted by atomic mass is 32.2. The van der Waals surface area contributed by atoms with Crippen molar-refractivity contribution >= 4 is 15.7 Å². The summed E-state index contributed by atoms with van der Waals surface area (Å²) in [7, 11) is -3.86. The molecule has 0 radical (unpaired) electrons. The van der Waals surface area contributed by atoms with E-state index in [-0.39, 0.29) is 4.90 Å². The molecule has 3 rings (SSSR count). The van der Waals surface area contributed by atoms with Crippen LogP contribution < -0.4 is 4.74 Å². The van der Waals surface area contributed by atoms with Crippen LogP contribution in [0, 0.1) is 0 Å². The maximum Gasteiger partial charge on any atom is 0.282 e. The quantitative estimate of drug-likeness (QED) is 0.816. The second-order valence-corrected chi connectivity index (χ2v) is 7.48. The molecule has 0 bridgehead atoms. The average Bonchev–Trinajstić information content (AvgIpc) is 2.69. The van der Waals surface area contributed by atoms with Gasteiger partial charge in [0.25, 0.3) is 10.0 Å². The SMILES string of the molecule is CCOc1ccc(S(=O)(=O)/N=C2/C=CC=C/C2=C/C=C2C=CN(O)C=C2)cc1. The van der Waals surface area contributed by atoms with E-state index in [0.717, 1.165) is 10.6 Å². The summed E-state index contributed by atoms with van der Waals surface area (Å²) >= 11 is 0. The van der Waals surface area contributed by atoms with E-state index in [2.05, 4.69) is 4.40 Å². The molecule has 1 aromatic carbocycles. The fraction of sp³-hybridized carbons (Fsp3) is 0.0952. The van der Waals surface area contributed by atoms with Gasteiger partial charge in [-0.2, -0.15) is 12.8 Å². The lowest BCUT2D eigenvalue weighted by atomic mass is 10.0. The Morgan fingerprint density at radius 3 is 2.39 bits per heavy atom. The molecule has 2 aliphatic rings. The van der Waals surface area contributed by atoms with Gasteiger partial charge in [0.15, 0.2) is 0 Å². The molecule has 0 unspecified atom stereocenters. The summed E-state index contributed by atoms with van der Waals surface area (Å²) in [5.74, 6) is 0.608. The van der Waals surface area contributed by atoms with E-state index in [4.69, 9.17) is 4.74 Å². The van der Waals surface area contributed by atoms with E-state index >= 15 is 0 Å². The van der Waals surface area contributed by atoms with Crippen molar-refractivity contribution in [1.82, 2.24) is 5.06 Å². The molecule has 0 aromatic heterocycles. The smallest absolute Gasteiger partial charge is 0.282 e. The molecule has 1 aliphatic carbocycles. The number of rotatable bonds is 5. The Hall–Kier alpha value is -3.16. The van der Waals surface area contributed by atoms with Gasteiger partial charge in [0.1, 0.15) is 5.75 Å². The van der Waals surface area contributed by atoms with Gasteiger partial charge in [-0.15, -0.1) is 0 Å². The van der Waals surface area contributed by atoms with Crippen LogP contribution in [0.3, 0.4) is 0 Å². The average molecular weight is 396 g/mol. The lowest BCUT2D eigenvalue weighted by molar-refractivity contribution is 0.0105. The monoisotopic (exact) mass is 396 g/mol. The van der Waals surface area contributed by atoms with Crippen molar-refractivity contribution in [3.8, 4) is 5.75 Å². The Labute approximate surface area is 164 Å². The molecule has 0 saturated carbocycles.